The fourth-order valence-corrected chi connectivity index (χ4v) is 2.20. The lowest BCUT2D eigenvalue weighted by Gasteiger charge is -2.10. The molecule has 2 aromatic heterocycles. The minimum absolute atomic E-state index is 0.113. The number of hydrogen-bond acceptors (Lipinski definition) is 6. The largest absolute Gasteiger partial charge is 0.488 e. The van der Waals surface area contributed by atoms with E-state index >= 15 is 0 Å². The van der Waals surface area contributed by atoms with E-state index in [1.54, 1.807) is 18.2 Å². The number of aromatic nitrogens is 4. The molecule has 0 aliphatic carbocycles. The van der Waals surface area contributed by atoms with Crippen molar-refractivity contribution in [3.05, 3.63) is 52.1 Å². The molecule has 0 saturated carbocycles. The van der Waals surface area contributed by atoms with Crippen LogP contribution >= 0.6 is 0 Å². The lowest BCUT2D eigenvalue weighted by atomic mass is 10.2. The summed E-state index contributed by atoms with van der Waals surface area (Å²) in [6.45, 7) is 4.21. The zero-order valence-corrected chi connectivity index (χ0v) is 13.6. The van der Waals surface area contributed by atoms with Crippen LogP contribution < -0.4 is 15.2 Å². The molecule has 3 aromatic rings. The Morgan fingerprint density at radius 2 is 2.17 bits per heavy atom. The third-order valence-electron chi connectivity index (χ3n) is 3.45. The van der Waals surface area contributed by atoms with E-state index in [0.29, 0.717) is 29.6 Å². The zero-order chi connectivity index (χ0) is 18.0. The molecule has 0 unspecified atom stereocenters. The summed E-state index contributed by atoms with van der Waals surface area (Å²) in [7, 11) is 1.51. The van der Waals surface area contributed by atoms with Crippen molar-refractivity contribution < 1.29 is 15.3 Å². The number of hydrogen-bond donors (Lipinski definition) is 0. The second kappa shape index (κ2) is 6.61. The van der Waals surface area contributed by atoms with E-state index in [1.807, 2.05) is 13.8 Å². The van der Waals surface area contributed by atoms with Crippen LogP contribution in [0, 0.1) is 6.92 Å². The fraction of sp³-hybridized carbons (Fsp3) is 0.312. The monoisotopic (exact) mass is 332 g/mol. The number of benzene rings is 1. The molecule has 2 heterocycles. The zero-order valence-electron chi connectivity index (χ0n) is 14.6. The average Bonchev–Trinajstić information content (AvgIpc) is 3.11. The standard InChI is InChI=1S/C16H18N4O4/c1-4-22-15-12(9-23-14-8-6-5-7-11(14)2)13(10-24-15)20-16(21)19(3)17-18-20/h5-8,10H,4,9H2,1-3H3/i5T. The Balaban J connectivity index is 1.94. The summed E-state index contributed by atoms with van der Waals surface area (Å²) in [6.07, 6.45) is 1.39. The lowest BCUT2D eigenvalue weighted by molar-refractivity contribution is 0.239. The highest BCUT2D eigenvalue weighted by Crippen LogP contribution is 2.29. The average molecular weight is 332 g/mol. The van der Waals surface area contributed by atoms with Gasteiger partial charge in [-0.2, -0.15) is 9.36 Å². The summed E-state index contributed by atoms with van der Waals surface area (Å²) in [5, 5.41) is 7.53. The summed E-state index contributed by atoms with van der Waals surface area (Å²) in [5.74, 6) is 0.905. The van der Waals surface area contributed by atoms with E-state index in [4.69, 9.17) is 15.3 Å². The second-order valence-corrected chi connectivity index (χ2v) is 5.10. The van der Waals surface area contributed by atoms with Crippen LogP contribution in [0.3, 0.4) is 0 Å². The number of aryl methyl sites for hydroxylation is 2. The van der Waals surface area contributed by atoms with E-state index < -0.39 is 5.69 Å². The number of nitrogens with zero attached hydrogens (tertiary/aromatic N) is 4. The van der Waals surface area contributed by atoms with Crippen molar-refractivity contribution in [2.75, 3.05) is 6.61 Å². The van der Waals surface area contributed by atoms with Crippen molar-refractivity contribution in [1.29, 1.82) is 0 Å². The van der Waals surface area contributed by atoms with Crippen molar-refractivity contribution in [2.24, 2.45) is 7.05 Å². The molecule has 0 N–H and O–H groups in total. The van der Waals surface area contributed by atoms with Crippen LogP contribution in [0.5, 0.6) is 11.7 Å². The molecular formula is C16H18N4O4. The predicted molar refractivity (Wildman–Crippen MR) is 85.5 cm³/mol. The van der Waals surface area contributed by atoms with E-state index in [-0.39, 0.29) is 12.6 Å². The van der Waals surface area contributed by atoms with Crippen molar-refractivity contribution >= 4 is 0 Å². The molecule has 3 rings (SSSR count). The molecule has 0 atom stereocenters. The van der Waals surface area contributed by atoms with Crippen LogP contribution in [0.2, 0.25) is 0 Å². The van der Waals surface area contributed by atoms with Gasteiger partial charge in [0.05, 0.1) is 13.5 Å². The Hall–Kier alpha value is -3.03. The van der Waals surface area contributed by atoms with Gasteiger partial charge in [0, 0.05) is 7.05 Å². The van der Waals surface area contributed by atoms with Gasteiger partial charge in [0.25, 0.3) is 5.95 Å². The number of furan rings is 1. The third-order valence-corrected chi connectivity index (χ3v) is 3.45. The molecule has 0 amide bonds. The van der Waals surface area contributed by atoms with Crippen LogP contribution in [-0.4, -0.2) is 26.4 Å². The third kappa shape index (κ3) is 2.90. The molecule has 0 aliphatic heterocycles. The van der Waals surface area contributed by atoms with Crippen molar-refractivity contribution in [1.82, 2.24) is 19.8 Å². The topological polar surface area (TPSA) is 84.3 Å². The molecule has 24 heavy (non-hydrogen) atoms. The Bertz CT molecular complexity index is 944. The van der Waals surface area contributed by atoms with Crippen LogP contribution in [0.15, 0.2) is 39.7 Å². The Morgan fingerprint density at radius 3 is 2.83 bits per heavy atom. The van der Waals surface area contributed by atoms with Gasteiger partial charge >= 0.3 is 5.69 Å². The maximum atomic E-state index is 12.1. The van der Waals surface area contributed by atoms with Crippen molar-refractivity contribution in [3.63, 3.8) is 0 Å². The molecule has 0 radical (unpaired) electrons. The van der Waals surface area contributed by atoms with E-state index in [9.17, 15) is 4.79 Å². The first kappa shape index (κ1) is 14.6. The van der Waals surface area contributed by atoms with Gasteiger partial charge in [0.2, 0.25) is 0 Å². The van der Waals surface area contributed by atoms with Gasteiger partial charge in [-0.25, -0.2) is 4.79 Å². The van der Waals surface area contributed by atoms with Gasteiger partial charge in [-0.1, -0.05) is 18.2 Å². The molecule has 0 spiro atoms. The van der Waals surface area contributed by atoms with Crippen LogP contribution in [-0.2, 0) is 13.7 Å². The molecular weight excluding hydrogens is 312 g/mol. The molecule has 8 nitrogen and oxygen atoms in total. The first-order chi connectivity index (χ1) is 12.0. The number of para-hydroxylation sites is 1. The van der Waals surface area contributed by atoms with Crippen LogP contribution in [0.4, 0.5) is 0 Å². The molecule has 1 aromatic carbocycles. The minimum Gasteiger partial charge on any atom is -0.488 e. The Morgan fingerprint density at radius 1 is 1.33 bits per heavy atom. The first-order valence-electron chi connectivity index (χ1n) is 7.93. The summed E-state index contributed by atoms with van der Waals surface area (Å²) in [6, 6.07) is 5.50. The molecule has 0 saturated heterocycles. The molecule has 0 aliphatic rings. The summed E-state index contributed by atoms with van der Waals surface area (Å²) < 4.78 is 26.6. The SMILES string of the molecule is [3H]c1ccc(OCc2c(-n3nnn(C)c3=O)coc2OCC)c(C)c1. The van der Waals surface area contributed by atoms with E-state index in [2.05, 4.69) is 10.4 Å². The highest BCUT2D eigenvalue weighted by atomic mass is 16.6. The summed E-state index contributed by atoms with van der Waals surface area (Å²) >= 11 is 0. The van der Waals surface area contributed by atoms with Gasteiger partial charge in [-0.05, 0) is 35.9 Å². The Labute approximate surface area is 139 Å². The molecule has 126 valence electrons. The smallest absolute Gasteiger partial charge is 0.368 e. The van der Waals surface area contributed by atoms with E-state index in [1.165, 1.54) is 13.3 Å². The number of tetrazole rings is 1. The van der Waals surface area contributed by atoms with Crippen LogP contribution in [0.25, 0.3) is 5.69 Å². The maximum absolute atomic E-state index is 12.1. The van der Waals surface area contributed by atoms with Gasteiger partial charge < -0.3 is 13.9 Å². The molecule has 8 heteroatoms. The number of rotatable bonds is 6. The van der Waals surface area contributed by atoms with Gasteiger partial charge in [-0.3, -0.25) is 0 Å². The van der Waals surface area contributed by atoms with Gasteiger partial charge in [0.15, 0.2) is 0 Å². The van der Waals surface area contributed by atoms with Gasteiger partial charge in [-0.15, -0.1) is 0 Å². The summed E-state index contributed by atoms with van der Waals surface area (Å²) in [5.41, 5.74) is 1.40. The molecule has 0 bridgehead atoms. The Kier molecular flexibility index (Phi) is 4.01. The van der Waals surface area contributed by atoms with Crippen LogP contribution in [0.1, 0.15) is 19.4 Å². The first-order valence-corrected chi connectivity index (χ1v) is 7.43. The maximum Gasteiger partial charge on any atom is 0.368 e. The summed E-state index contributed by atoms with van der Waals surface area (Å²) in [4.78, 5) is 12.1. The predicted octanol–water partition coefficient (Wildman–Crippen LogP) is 1.85. The highest BCUT2D eigenvalue weighted by molar-refractivity contribution is 5.43. The quantitative estimate of drug-likeness (QED) is 0.685. The highest BCUT2D eigenvalue weighted by Gasteiger charge is 2.21. The van der Waals surface area contributed by atoms with Crippen molar-refractivity contribution in [2.45, 2.75) is 20.5 Å². The van der Waals surface area contributed by atoms with E-state index in [0.717, 1.165) is 14.9 Å². The minimum atomic E-state index is -0.403. The lowest BCUT2D eigenvalue weighted by Crippen LogP contribution is -2.22. The second-order valence-electron chi connectivity index (χ2n) is 5.10. The number of ether oxygens (including phenoxy) is 2. The molecule has 0 fully saturated rings. The normalized spacial score (nSPS) is 11.4. The van der Waals surface area contributed by atoms with Gasteiger partial charge in [0.1, 0.15) is 24.3 Å². The fourth-order valence-electron chi connectivity index (χ4n) is 2.20. The van der Waals surface area contributed by atoms with Crippen molar-refractivity contribution in [3.8, 4) is 17.4 Å².